The Labute approximate surface area is 809 Å². The van der Waals surface area contributed by atoms with Gasteiger partial charge in [0.15, 0.2) is 0 Å². The van der Waals surface area contributed by atoms with E-state index in [1.807, 2.05) is 92.7 Å². The van der Waals surface area contributed by atoms with E-state index in [1.54, 1.807) is 0 Å². The van der Waals surface area contributed by atoms with E-state index in [0.29, 0.717) is 0 Å². The Balaban J connectivity index is 0.000000185. The van der Waals surface area contributed by atoms with Crippen molar-refractivity contribution in [2.24, 2.45) is 0 Å². The Morgan fingerprint density at radius 1 is 0.244 bits per heavy atom. The third-order valence-corrected chi connectivity index (χ3v) is 27.1. The predicted molar refractivity (Wildman–Crippen MR) is 553 cm³/mol. The molecule has 0 amide bonds. The number of nitrogens with zero attached hydrogens (tertiary/aromatic N) is 2. The van der Waals surface area contributed by atoms with Crippen molar-refractivity contribution in [2.45, 2.75) is 35.7 Å². The van der Waals surface area contributed by atoms with Gasteiger partial charge in [0.05, 0.1) is 21.6 Å². The van der Waals surface area contributed by atoms with Crippen molar-refractivity contribution in [1.82, 2.24) is 0 Å². The van der Waals surface area contributed by atoms with E-state index in [9.17, 15) is 18.1 Å². The first-order valence-corrected chi connectivity index (χ1v) is 47.6. The number of anilines is 6. The molecule has 18 aromatic rings. The molecule has 0 radical (unpaired) electrons. The number of fused-ring (bicyclic) bond motifs is 12. The Morgan fingerprint density at radius 3 is 0.649 bits per heavy atom. The number of benzene rings is 18. The molecular weight excluding hydrogens is 1920 g/mol. The molecule has 0 saturated carbocycles. The summed E-state index contributed by atoms with van der Waals surface area (Å²) in [6, 6.07) is 164. The van der Waals surface area contributed by atoms with E-state index in [4.69, 9.17) is 27.9 Å². The van der Waals surface area contributed by atoms with Crippen LogP contribution in [-0.2, 0) is 26.6 Å². The highest BCUT2D eigenvalue weighted by molar-refractivity contribution is 9.11. The van der Waals surface area contributed by atoms with Crippen molar-refractivity contribution in [1.29, 1.82) is 0 Å². The van der Waals surface area contributed by atoms with Crippen molar-refractivity contribution in [2.75, 3.05) is 28.4 Å². The summed E-state index contributed by atoms with van der Waals surface area (Å²) in [5, 5.41) is 11.8. The van der Waals surface area contributed by atoms with E-state index in [0.717, 1.165) is 76.0 Å². The van der Waals surface area contributed by atoms with Crippen molar-refractivity contribution in [3.8, 4) is 44.5 Å². The number of rotatable bonds is 15. The molecule has 4 aliphatic rings. The molecule has 0 fully saturated rings. The average Bonchev–Trinajstić information content (AvgIpc) is 1.56. The Bertz CT molecular complexity index is 6240. The summed E-state index contributed by atoms with van der Waals surface area (Å²) in [4.78, 5) is 4.69. The zero-order valence-electron chi connectivity index (χ0n) is 71.7. The first-order chi connectivity index (χ1) is 64.1. The summed E-state index contributed by atoms with van der Waals surface area (Å²) < 4.78 is 38.0. The maximum Gasteiger partial charge on any atom is 0.762 e. The van der Waals surface area contributed by atoms with Gasteiger partial charge in [-0.25, -0.2) is 0 Å². The number of halogens is 9. The van der Waals surface area contributed by atoms with Gasteiger partial charge in [0.2, 0.25) is 0 Å². The lowest BCUT2D eigenvalue weighted by molar-refractivity contribution is 0.130. The van der Waals surface area contributed by atoms with Gasteiger partial charge in [0.1, 0.15) is 5.60 Å². The van der Waals surface area contributed by atoms with E-state index in [2.05, 4.69) is 450 Å². The Kier molecular flexibility index (Phi) is 28.2. The minimum absolute atomic E-state index is 0.194. The van der Waals surface area contributed by atoms with Crippen molar-refractivity contribution in [3.05, 3.63) is 556 Å². The fourth-order valence-corrected chi connectivity index (χ4v) is 21.0. The van der Waals surface area contributed by atoms with E-state index in [-0.39, 0.29) is 5.34 Å². The molecule has 18 aromatic carbocycles. The van der Waals surface area contributed by atoms with Gasteiger partial charge in [-0.05, 0) is 252 Å². The van der Waals surface area contributed by atoms with Gasteiger partial charge in [0, 0.05) is 76.4 Å². The predicted octanol–water partition coefficient (Wildman–Crippen LogP) is 33.7. The molecule has 22 rings (SSSR count). The first kappa shape index (κ1) is 90.8. The minimum atomic E-state index is -3.67. The second-order valence-corrected chi connectivity index (χ2v) is 36.3. The van der Waals surface area contributed by atoms with Crippen LogP contribution in [0.5, 0.6) is 0 Å². The number of hydrogen-bond acceptors (Lipinski definition) is 4. The van der Waals surface area contributed by atoms with Crippen LogP contribution in [0.4, 0.5) is 47.1 Å². The van der Waals surface area contributed by atoms with Crippen molar-refractivity contribution in [3.63, 3.8) is 0 Å². The summed E-state index contributed by atoms with van der Waals surface area (Å²) in [6.45, 7) is 5.67. The molecule has 1 N–H and O–H groups in total. The lowest BCUT2D eigenvalue weighted by atomic mass is 9.67. The van der Waals surface area contributed by atoms with Crippen LogP contribution in [0, 0.1) is 0 Å². The molecule has 0 heterocycles. The van der Waals surface area contributed by atoms with Gasteiger partial charge in [-0.3, -0.25) is 12.9 Å². The van der Waals surface area contributed by atoms with Crippen LogP contribution in [0.15, 0.2) is 473 Å². The van der Waals surface area contributed by atoms with E-state index < -0.39 is 29.4 Å². The standard InChI is InChI=1S/C75H48Br3N.C19H13BrO.C18H15N.C4H10O.CH2Cl2.BF3/c76-55-37-25-49(26-38-55)73(67-19-7-1-13-61(67)62-14-2-8-20-68(62)73)52-31-43-58(44-32-52)79(59-45-33-53(34-46-59)74(50-27-39-56(77)40-28-50)69-21-9-3-15-63(69)64-16-4-10-22-70(64)74)60-47-35-54(36-48-60)75(51-29-41-57(78)42-30-51)71-23-11-5-17-65(71)66-18-6-12-24-72(66)75;20-14-7-5-6-13(12-14)19(21)17-10-3-1-8-15(17)16-9-2-4-11-18(16)19;1-4-10-16(11-5-1)19(17-12-6-2-7-13-17)18-14-8-3-9-15-18;1-3-5-4-2;2-1-3;2-1(3)4/h1-48H;1-12,21H;1-15H;3-4H2,1-2H3;1H2;. The molecular formula is C117H88BBr4Cl2F3N2O2. The Morgan fingerprint density at radius 2 is 0.435 bits per heavy atom. The van der Waals surface area contributed by atoms with Crippen LogP contribution in [0.2, 0.25) is 0 Å². The van der Waals surface area contributed by atoms with Crippen LogP contribution in [-0.4, -0.2) is 31.2 Å². The first-order valence-electron chi connectivity index (χ1n) is 43.4. The molecule has 644 valence electrons. The summed E-state index contributed by atoms with van der Waals surface area (Å²) >= 11 is 24.3. The third-order valence-electron chi connectivity index (χ3n) is 25.0. The smallest absolute Gasteiger partial charge is 0.382 e. The average molecular weight is 2010 g/mol. The van der Waals surface area contributed by atoms with Gasteiger partial charge in [0.25, 0.3) is 0 Å². The van der Waals surface area contributed by atoms with Gasteiger partial charge in [-0.2, -0.15) is 0 Å². The summed E-state index contributed by atoms with van der Waals surface area (Å²) in [6.07, 6.45) is 0. The van der Waals surface area contributed by atoms with Crippen LogP contribution >= 0.6 is 86.9 Å². The van der Waals surface area contributed by atoms with Gasteiger partial charge in [-0.15, -0.1) is 23.2 Å². The van der Waals surface area contributed by atoms with Crippen molar-refractivity contribution >= 4 is 129 Å². The van der Waals surface area contributed by atoms with Gasteiger partial charge < -0.3 is 19.6 Å². The maximum absolute atomic E-state index is 11.6. The topological polar surface area (TPSA) is 35.9 Å². The SMILES string of the molecule is Brc1ccc(C2(c3ccc(N(c4ccc(C5(c6ccc(Br)cc6)c6ccccc6-c6ccccc65)cc4)c4ccc(C5(c6ccc(Br)cc6)c6ccccc6-c6ccccc65)cc4)cc3)c3ccccc3-c3ccccc32)cc1.CCOCC.ClCCl.FB(F)F.OC1(c2cccc(Br)c2)c2ccccc2-c2ccccc21.c1ccc(N(c2ccccc2)c2ccccc2)cc1. The molecule has 14 heteroatoms. The lowest BCUT2D eigenvalue weighted by Gasteiger charge is -2.36. The normalized spacial score (nSPS) is 13.1. The summed E-state index contributed by atoms with van der Waals surface area (Å²) in [5.41, 5.74) is 31.7. The van der Waals surface area contributed by atoms with Crippen molar-refractivity contribution < 1.29 is 22.8 Å². The van der Waals surface area contributed by atoms with E-state index >= 15 is 0 Å². The number of ether oxygens (including phenoxy) is 1. The zero-order chi connectivity index (χ0) is 90.6. The number of alkyl halides is 2. The molecule has 131 heavy (non-hydrogen) atoms. The minimum Gasteiger partial charge on any atom is -0.382 e. The van der Waals surface area contributed by atoms with Gasteiger partial charge in [-0.1, -0.05) is 397 Å². The fourth-order valence-electron chi connectivity index (χ4n) is 19.8. The zero-order valence-corrected chi connectivity index (χ0v) is 79.5. The quantitative estimate of drug-likeness (QED) is 0.0820. The lowest BCUT2D eigenvalue weighted by Crippen LogP contribution is -2.29. The van der Waals surface area contributed by atoms with E-state index in [1.165, 1.54) is 117 Å². The van der Waals surface area contributed by atoms with Crippen LogP contribution < -0.4 is 9.80 Å². The maximum atomic E-state index is 11.6. The second kappa shape index (κ2) is 40.7. The molecule has 4 nitrogen and oxygen atoms in total. The molecule has 4 aliphatic carbocycles. The highest BCUT2D eigenvalue weighted by Gasteiger charge is 2.50. The largest absolute Gasteiger partial charge is 0.762 e. The molecule has 0 atom stereocenters. The summed E-state index contributed by atoms with van der Waals surface area (Å²) in [7, 11) is -3.67. The molecule has 0 spiro atoms. The van der Waals surface area contributed by atoms with Crippen LogP contribution in [0.3, 0.4) is 0 Å². The number of hydrogen-bond donors (Lipinski definition) is 1. The number of aliphatic hydroxyl groups is 1. The van der Waals surface area contributed by atoms with Crippen LogP contribution in [0.25, 0.3) is 44.5 Å². The molecule has 0 unspecified atom stereocenters. The molecule has 0 bridgehead atoms. The summed E-state index contributed by atoms with van der Waals surface area (Å²) in [5.74, 6) is 0. The van der Waals surface area contributed by atoms with Crippen LogP contribution in [0.1, 0.15) is 97.3 Å². The highest BCUT2D eigenvalue weighted by Crippen LogP contribution is 2.61. The molecule has 0 aliphatic heterocycles. The second-order valence-electron chi connectivity index (χ2n) is 31.8. The monoisotopic (exact) mass is 2010 g/mol. The highest BCUT2D eigenvalue weighted by atomic mass is 79.9. The van der Waals surface area contributed by atoms with Gasteiger partial charge >= 0.3 is 7.54 Å². The molecule has 0 saturated heterocycles. The fraction of sp³-hybridized carbons (Fsp3) is 0.0769. The Hall–Kier alpha value is -12.2. The number of para-hydroxylation sites is 3. The third kappa shape index (κ3) is 17.4. The molecule has 0 aromatic heterocycles.